The highest BCUT2D eigenvalue weighted by Gasteiger charge is 2.13. The molecule has 4 nitrogen and oxygen atoms in total. The fourth-order valence-corrected chi connectivity index (χ4v) is 1.60. The number of nitrogens with one attached hydrogen (secondary N) is 1. The Morgan fingerprint density at radius 2 is 1.94 bits per heavy atom. The molecule has 0 aromatic heterocycles. The highest BCUT2D eigenvalue weighted by atomic mass is 16.3. The van der Waals surface area contributed by atoms with Gasteiger partial charge in [-0.1, -0.05) is 30.3 Å². The number of carbonyl (C=O) groups is 1. The predicted molar refractivity (Wildman–Crippen MR) is 72.3 cm³/mol. The Morgan fingerprint density at radius 3 is 2.50 bits per heavy atom. The van der Waals surface area contributed by atoms with Crippen molar-refractivity contribution in [3.8, 4) is 0 Å². The van der Waals surface area contributed by atoms with Gasteiger partial charge >= 0.3 is 6.03 Å². The van der Waals surface area contributed by atoms with Crippen LogP contribution in [0.5, 0.6) is 0 Å². The van der Waals surface area contributed by atoms with Crippen LogP contribution in [0.1, 0.15) is 31.9 Å². The van der Waals surface area contributed by atoms with Crippen molar-refractivity contribution in [2.45, 2.75) is 32.4 Å². The largest absolute Gasteiger partial charge is 0.393 e. The van der Waals surface area contributed by atoms with Crippen molar-refractivity contribution in [2.24, 2.45) is 0 Å². The zero-order chi connectivity index (χ0) is 13.5. The fourth-order valence-electron chi connectivity index (χ4n) is 1.60. The second-order valence-corrected chi connectivity index (χ2v) is 4.64. The zero-order valence-corrected chi connectivity index (χ0v) is 11.3. The van der Waals surface area contributed by atoms with E-state index in [0.717, 1.165) is 5.56 Å². The molecule has 0 aliphatic heterocycles. The minimum atomic E-state index is -0.383. The molecule has 0 heterocycles. The first-order chi connectivity index (χ1) is 8.50. The number of hydrogen-bond acceptors (Lipinski definition) is 2. The molecule has 1 rings (SSSR count). The SMILES string of the molecule is CC(O)CCN(C)C(=O)NC(C)c1ccccc1. The van der Waals surface area contributed by atoms with E-state index in [1.165, 1.54) is 0 Å². The summed E-state index contributed by atoms with van der Waals surface area (Å²) in [5, 5.41) is 12.1. The number of aliphatic hydroxyl groups is 1. The van der Waals surface area contributed by atoms with Crippen LogP contribution in [-0.2, 0) is 0 Å². The van der Waals surface area contributed by atoms with E-state index in [2.05, 4.69) is 5.32 Å². The molecule has 100 valence electrons. The summed E-state index contributed by atoms with van der Waals surface area (Å²) < 4.78 is 0. The van der Waals surface area contributed by atoms with Crippen LogP contribution in [-0.4, -0.2) is 35.7 Å². The van der Waals surface area contributed by atoms with Gasteiger partial charge in [-0.05, 0) is 25.8 Å². The molecule has 2 amide bonds. The van der Waals surface area contributed by atoms with Crippen molar-refractivity contribution in [2.75, 3.05) is 13.6 Å². The average molecular weight is 250 g/mol. The van der Waals surface area contributed by atoms with Crippen molar-refractivity contribution < 1.29 is 9.90 Å². The number of urea groups is 1. The van der Waals surface area contributed by atoms with Crippen LogP contribution in [0.3, 0.4) is 0 Å². The molecule has 1 aromatic carbocycles. The van der Waals surface area contributed by atoms with Gasteiger partial charge in [-0.15, -0.1) is 0 Å². The lowest BCUT2D eigenvalue weighted by Crippen LogP contribution is -2.39. The molecule has 0 saturated heterocycles. The second-order valence-electron chi connectivity index (χ2n) is 4.64. The molecular formula is C14H22N2O2. The molecule has 2 unspecified atom stereocenters. The van der Waals surface area contributed by atoms with E-state index in [9.17, 15) is 9.90 Å². The first-order valence-electron chi connectivity index (χ1n) is 6.25. The molecule has 0 aliphatic carbocycles. The molecule has 0 spiro atoms. The standard InChI is InChI=1S/C14H22N2O2/c1-11(17)9-10-16(3)14(18)15-12(2)13-7-5-4-6-8-13/h4-8,11-12,17H,9-10H2,1-3H3,(H,15,18). The lowest BCUT2D eigenvalue weighted by molar-refractivity contribution is 0.162. The van der Waals surface area contributed by atoms with Gasteiger partial charge in [0.1, 0.15) is 0 Å². The van der Waals surface area contributed by atoms with Crippen LogP contribution in [0.2, 0.25) is 0 Å². The van der Waals surface area contributed by atoms with Gasteiger partial charge in [0.15, 0.2) is 0 Å². The number of aliphatic hydroxyl groups excluding tert-OH is 1. The Kier molecular flexibility index (Phi) is 5.65. The lowest BCUT2D eigenvalue weighted by atomic mass is 10.1. The van der Waals surface area contributed by atoms with E-state index in [1.54, 1.807) is 18.9 Å². The number of carbonyl (C=O) groups excluding carboxylic acids is 1. The minimum absolute atomic E-state index is 0.0206. The molecule has 0 radical (unpaired) electrons. The molecular weight excluding hydrogens is 228 g/mol. The van der Waals surface area contributed by atoms with Crippen molar-refractivity contribution >= 4 is 6.03 Å². The molecule has 2 N–H and O–H groups in total. The van der Waals surface area contributed by atoms with Crippen molar-refractivity contribution in [1.29, 1.82) is 0 Å². The zero-order valence-electron chi connectivity index (χ0n) is 11.3. The third-order valence-electron chi connectivity index (χ3n) is 2.87. The van der Waals surface area contributed by atoms with Crippen LogP contribution < -0.4 is 5.32 Å². The third kappa shape index (κ3) is 4.75. The summed E-state index contributed by atoms with van der Waals surface area (Å²) in [5.74, 6) is 0. The van der Waals surface area contributed by atoms with E-state index in [1.807, 2.05) is 37.3 Å². The Labute approximate surface area is 109 Å². The average Bonchev–Trinajstić information content (AvgIpc) is 2.36. The van der Waals surface area contributed by atoms with Gasteiger partial charge in [0.05, 0.1) is 12.1 Å². The van der Waals surface area contributed by atoms with Gasteiger partial charge in [-0.3, -0.25) is 0 Å². The summed E-state index contributed by atoms with van der Waals surface area (Å²) in [6, 6.07) is 9.69. The Bertz CT molecular complexity index is 365. The van der Waals surface area contributed by atoms with Gasteiger partial charge in [-0.2, -0.15) is 0 Å². The normalized spacial score (nSPS) is 13.8. The van der Waals surface area contributed by atoms with E-state index in [0.29, 0.717) is 13.0 Å². The molecule has 0 bridgehead atoms. The summed E-state index contributed by atoms with van der Waals surface area (Å²) in [4.78, 5) is 13.5. The van der Waals surface area contributed by atoms with Crippen LogP contribution >= 0.6 is 0 Å². The molecule has 1 aromatic rings. The Hall–Kier alpha value is -1.55. The summed E-state index contributed by atoms with van der Waals surface area (Å²) >= 11 is 0. The maximum atomic E-state index is 11.9. The van der Waals surface area contributed by atoms with E-state index in [4.69, 9.17) is 0 Å². The number of nitrogens with zero attached hydrogens (tertiary/aromatic N) is 1. The smallest absolute Gasteiger partial charge is 0.317 e. The van der Waals surface area contributed by atoms with Gasteiger partial charge in [0, 0.05) is 13.6 Å². The highest BCUT2D eigenvalue weighted by molar-refractivity contribution is 5.74. The maximum absolute atomic E-state index is 11.9. The molecule has 0 saturated carbocycles. The lowest BCUT2D eigenvalue weighted by Gasteiger charge is -2.22. The highest BCUT2D eigenvalue weighted by Crippen LogP contribution is 2.11. The number of rotatable bonds is 5. The monoisotopic (exact) mass is 250 g/mol. The third-order valence-corrected chi connectivity index (χ3v) is 2.87. The Balaban J connectivity index is 2.44. The minimum Gasteiger partial charge on any atom is -0.393 e. The summed E-state index contributed by atoms with van der Waals surface area (Å²) in [6.07, 6.45) is 0.204. The van der Waals surface area contributed by atoms with Gasteiger partial charge in [0.25, 0.3) is 0 Å². The first-order valence-corrected chi connectivity index (χ1v) is 6.25. The van der Waals surface area contributed by atoms with Crippen LogP contribution in [0, 0.1) is 0 Å². The Morgan fingerprint density at radius 1 is 1.33 bits per heavy atom. The number of amides is 2. The van der Waals surface area contributed by atoms with Crippen LogP contribution in [0.15, 0.2) is 30.3 Å². The number of hydrogen-bond donors (Lipinski definition) is 2. The van der Waals surface area contributed by atoms with Crippen LogP contribution in [0.25, 0.3) is 0 Å². The van der Waals surface area contributed by atoms with Gasteiger partial charge in [0.2, 0.25) is 0 Å². The maximum Gasteiger partial charge on any atom is 0.317 e. The summed E-state index contributed by atoms with van der Waals surface area (Å²) in [7, 11) is 1.73. The van der Waals surface area contributed by atoms with Crippen molar-refractivity contribution in [3.05, 3.63) is 35.9 Å². The molecule has 2 atom stereocenters. The van der Waals surface area contributed by atoms with Crippen molar-refractivity contribution in [1.82, 2.24) is 10.2 Å². The van der Waals surface area contributed by atoms with Crippen molar-refractivity contribution in [3.63, 3.8) is 0 Å². The second kappa shape index (κ2) is 7.01. The van der Waals surface area contributed by atoms with Gasteiger partial charge in [-0.25, -0.2) is 4.79 Å². The number of benzene rings is 1. The topological polar surface area (TPSA) is 52.6 Å². The van der Waals surface area contributed by atoms with Crippen LogP contribution in [0.4, 0.5) is 4.79 Å². The molecule has 0 fully saturated rings. The van der Waals surface area contributed by atoms with E-state index < -0.39 is 0 Å². The molecule has 0 aliphatic rings. The summed E-state index contributed by atoms with van der Waals surface area (Å²) in [5.41, 5.74) is 1.08. The van der Waals surface area contributed by atoms with Gasteiger partial charge < -0.3 is 15.3 Å². The molecule has 18 heavy (non-hydrogen) atoms. The quantitative estimate of drug-likeness (QED) is 0.841. The molecule has 4 heteroatoms. The fraction of sp³-hybridized carbons (Fsp3) is 0.500. The summed E-state index contributed by atoms with van der Waals surface area (Å²) in [6.45, 7) is 4.22. The van der Waals surface area contributed by atoms with E-state index >= 15 is 0 Å². The predicted octanol–water partition coefficient (Wildman–Crippen LogP) is 2.16. The van der Waals surface area contributed by atoms with E-state index in [-0.39, 0.29) is 18.2 Å². The first kappa shape index (κ1) is 14.5.